The second-order valence-electron chi connectivity index (χ2n) is 5.31. The van der Waals surface area contributed by atoms with Crippen LogP contribution in [0.3, 0.4) is 0 Å². The summed E-state index contributed by atoms with van der Waals surface area (Å²) >= 11 is 0. The highest BCUT2D eigenvalue weighted by atomic mass is 15.2. The number of likely N-dealkylation sites (tertiary alicyclic amines) is 1. The Morgan fingerprint density at radius 2 is 2.35 bits per heavy atom. The number of nitrogens with zero attached hydrogens (tertiary/aromatic N) is 3. The fraction of sp³-hybridized carbons (Fsp3) is 0.600. The zero-order chi connectivity index (χ0) is 14.2. The Hall–Kier alpha value is -1.62. The average molecular weight is 275 g/mol. The lowest BCUT2D eigenvalue weighted by Crippen LogP contribution is -2.40. The molecule has 0 amide bonds. The van der Waals surface area contributed by atoms with E-state index in [1.54, 1.807) is 6.20 Å². The van der Waals surface area contributed by atoms with Gasteiger partial charge in [0.25, 0.3) is 0 Å². The van der Waals surface area contributed by atoms with Gasteiger partial charge in [0, 0.05) is 25.8 Å². The van der Waals surface area contributed by atoms with Gasteiger partial charge in [0.05, 0.1) is 12.2 Å². The van der Waals surface area contributed by atoms with Crippen molar-refractivity contribution in [1.82, 2.24) is 20.5 Å². The van der Waals surface area contributed by atoms with E-state index in [-0.39, 0.29) is 0 Å². The van der Waals surface area contributed by atoms with E-state index in [9.17, 15) is 0 Å². The van der Waals surface area contributed by atoms with Crippen LogP contribution in [0.4, 0.5) is 0 Å². The Kier molecular flexibility index (Phi) is 5.80. The normalized spacial score (nSPS) is 20.1. The summed E-state index contributed by atoms with van der Waals surface area (Å²) < 4.78 is 0. The molecule has 0 radical (unpaired) electrons. The highest BCUT2D eigenvalue weighted by molar-refractivity contribution is 5.79. The molecular formula is C15H25N5. The van der Waals surface area contributed by atoms with Crippen LogP contribution < -0.4 is 10.6 Å². The van der Waals surface area contributed by atoms with Crippen LogP contribution in [-0.2, 0) is 6.54 Å². The van der Waals surface area contributed by atoms with Crippen molar-refractivity contribution in [3.05, 3.63) is 30.1 Å². The van der Waals surface area contributed by atoms with Crippen LogP contribution in [-0.4, -0.2) is 49.1 Å². The third-order valence-electron chi connectivity index (χ3n) is 3.52. The molecule has 20 heavy (non-hydrogen) atoms. The average Bonchev–Trinajstić information content (AvgIpc) is 2.89. The van der Waals surface area contributed by atoms with Gasteiger partial charge in [0.1, 0.15) is 0 Å². The molecule has 2 rings (SSSR count). The number of nitrogens with one attached hydrogen (secondary N) is 2. The molecule has 5 heteroatoms. The van der Waals surface area contributed by atoms with Gasteiger partial charge < -0.3 is 15.5 Å². The third kappa shape index (κ3) is 4.81. The van der Waals surface area contributed by atoms with Crippen LogP contribution in [0.2, 0.25) is 0 Å². The largest absolute Gasteiger partial charge is 0.357 e. The molecule has 1 aromatic heterocycles. The Morgan fingerprint density at radius 1 is 1.45 bits per heavy atom. The molecule has 1 atom stereocenters. The SMILES string of the molecule is CCNC(=NCc1ccccn1)NCC1CCN(C)C1. The van der Waals surface area contributed by atoms with Crippen molar-refractivity contribution in [1.29, 1.82) is 0 Å². The van der Waals surface area contributed by atoms with E-state index in [0.717, 1.165) is 30.7 Å². The predicted molar refractivity (Wildman–Crippen MR) is 82.7 cm³/mol. The topological polar surface area (TPSA) is 52.6 Å². The van der Waals surface area contributed by atoms with Crippen LogP contribution in [0.1, 0.15) is 19.0 Å². The molecule has 0 aromatic carbocycles. The van der Waals surface area contributed by atoms with Gasteiger partial charge in [-0.3, -0.25) is 4.98 Å². The van der Waals surface area contributed by atoms with Crippen molar-refractivity contribution in [3.63, 3.8) is 0 Å². The third-order valence-corrected chi connectivity index (χ3v) is 3.52. The molecule has 0 aliphatic carbocycles. The monoisotopic (exact) mass is 275 g/mol. The zero-order valence-corrected chi connectivity index (χ0v) is 12.5. The number of pyridine rings is 1. The van der Waals surface area contributed by atoms with Gasteiger partial charge >= 0.3 is 0 Å². The van der Waals surface area contributed by atoms with Gasteiger partial charge in [-0.25, -0.2) is 4.99 Å². The van der Waals surface area contributed by atoms with E-state index in [1.807, 2.05) is 18.2 Å². The second kappa shape index (κ2) is 7.85. The summed E-state index contributed by atoms with van der Waals surface area (Å²) in [6, 6.07) is 5.92. The van der Waals surface area contributed by atoms with Gasteiger partial charge in [0.2, 0.25) is 0 Å². The summed E-state index contributed by atoms with van der Waals surface area (Å²) in [6.45, 7) is 6.93. The number of aliphatic imine (C=N–C) groups is 1. The first-order chi connectivity index (χ1) is 9.78. The first-order valence-corrected chi connectivity index (χ1v) is 7.38. The second-order valence-corrected chi connectivity index (χ2v) is 5.31. The van der Waals surface area contributed by atoms with E-state index in [0.29, 0.717) is 6.54 Å². The first kappa shape index (κ1) is 14.8. The van der Waals surface area contributed by atoms with Crippen LogP contribution >= 0.6 is 0 Å². The number of guanidine groups is 1. The maximum atomic E-state index is 4.58. The lowest BCUT2D eigenvalue weighted by molar-refractivity contribution is 0.394. The van der Waals surface area contributed by atoms with E-state index in [1.165, 1.54) is 19.5 Å². The molecule has 5 nitrogen and oxygen atoms in total. The smallest absolute Gasteiger partial charge is 0.191 e. The standard InChI is InChI=1S/C15H25N5/c1-3-16-15(18-10-13-7-9-20(2)12-13)19-11-14-6-4-5-8-17-14/h4-6,8,13H,3,7,9-12H2,1-2H3,(H2,16,18,19). The van der Waals surface area contributed by atoms with Crippen LogP contribution in [0.5, 0.6) is 0 Å². The van der Waals surface area contributed by atoms with Crippen LogP contribution in [0.15, 0.2) is 29.4 Å². The molecule has 1 fully saturated rings. The minimum Gasteiger partial charge on any atom is -0.357 e. The molecule has 110 valence electrons. The maximum Gasteiger partial charge on any atom is 0.191 e. The predicted octanol–water partition coefficient (Wildman–Crippen LogP) is 1.09. The molecule has 1 saturated heterocycles. The quantitative estimate of drug-likeness (QED) is 0.624. The van der Waals surface area contributed by atoms with Crippen LogP contribution in [0, 0.1) is 5.92 Å². The van der Waals surface area contributed by atoms with Gasteiger partial charge in [-0.15, -0.1) is 0 Å². The number of hydrogen-bond donors (Lipinski definition) is 2. The highest BCUT2D eigenvalue weighted by Gasteiger charge is 2.19. The molecule has 1 aliphatic heterocycles. The molecule has 1 aromatic rings. The van der Waals surface area contributed by atoms with Crippen LogP contribution in [0.25, 0.3) is 0 Å². The summed E-state index contributed by atoms with van der Waals surface area (Å²) in [5.41, 5.74) is 0.991. The minimum absolute atomic E-state index is 0.612. The Labute approximate surface area is 121 Å². The number of aromatic nitrogens is 1. The van der Waals surface area contributed by atoms with Crippen molar-refractivity contribution >= 4 is 5.96 Å². The zero-order valence-electron chi connectivity index (χ0n) is 12.5. The highest BCUT2D eigenvalue weighted by Crippen LogP contribution is 2.12. The summed E-state index contributed by atoms with van der Waals surface area (Å²) in [5, 5.41) is 6.72. The number of rotatable bonds is 5. The summed E-state index contributed by atoms with van der Waals surface area (Å²) in [5.74, 6) is 1.60. The van der Waals surface area contributed by atoms with Gasteiger partial charge in [-0.1, -0.05) is 6.07 Å². The maximum absolute atomic E-state index is 4.58. The molecule has 1 aliphatic rings. The van der Waals surface area contributed by atoms with E-state index in [2.05, 4.69) is 39.5 Å². The van der Waals surface area contributed by atoms with E-state index < -0.39 is 0 Å². The molecule has 2 N–H and O–H groups in total. The fourth-order valence-corrected chi connectivity index (χ4v) is 2.43. The summed E-state index contributed by atoms with van der Waals surface area (Å²) in [4.78, 5) is 11.3. The number of hydrogen-bond acceptors (Lipinski definition) is 3. The Balaban J connectivity index is 1.83. The lowest BCUT2D eigenvalue weighted by atomic mass is 10.1. The van der Waals surface area contributed by atoms with Gasteiger partial charge in [0.15, 0.2) is 5.96 Å². The van der Waals surface area contributed by atoms with Gasteiger partial charge in [-0.2, -0.15) is 0 Å². The van der Waals surface area contributed by atoms with Crippen molar-refractivity contribution in [2.45, 2.75) is 19.9 Å². The molecule has 0 spiro atoms. The minimum atomic E-state index is 0.612. The lowest BCUT2D eigenvalue weighted by Gasteiger charge is -2.15. The van der Waals surface area contributed by atoms with Gasteiger partial charge in [-0.05, 0) is 45.0 Å². The Bertz CT molecular complexity index is 418. The van der Waals surface area contributed by atoms with Crippen molar-refractivity contribution in [2.24, 2.45) is 10.9 Å². The van der Waals surface area contributed by atoms with E-state index >= 15 is 0 Å². The summed E-state index contributed by atoms with van der Waals surface area (Å²) in [6.07, 6.45) is 3.07. The molecule has 1 unspecified atom stereocenters. The van der Waals surface area contributed by atoms with Crippen molar-refractivity contribution < 1.29 is 0 Å². The van der Waals surface area contributed by atoms with Crippen molar-refractivity contribution in [3.8, 4) is 0 Å². The van der Waals surface area contributed by atoms with Crippen molar-refractivity contribution in [2.75, 3.05) is 33.2 Å². The fourth-order valence-electron chi connectivity index (χ4n) is 2.43. The summed E-state index contributed by atoms with van der Waals surface area (Å²) in [7, 11) is 2.18. The van der Waals surface area contributed by atoms with E-state index in [4.69, 9.17) is 0 Å². The molecule has 2 heterocycles. The molecule has 0 saturated carbocycles. The molecule has 0 bridgehead atoms. The molecular weight excluding hydrogens is 250 g/mol. The first-order valence-electron chi connectivity index (χ1n) is 7.38. The Morgan fingerprint density at radius 3 is 3.00 bits per heavy atom.